The maximum atomic E-state index is 4.42. The van der Waals surface area contributed by atoms with Gasteiger partial charge in [0.2, 0.25) is 0 Å². The summed E-state index contributed by atoms with van der Waals surface area (Å²) in [5.74, 6) is 0.810. The average Bonchev–Trinajstić information content (AvgIpc) is 3.13. The van der Waals surface area contributed by atoms with Crippen LogP contribution in [0, 0.1) is 6.92 Å². The highest BCUT2D eigenvalue weighted by atomic mass is 15.4. The number of rotatable bonds is 4. The molecule has 4 aromatic rings. The van der Waals surface area contributed by atoms with E-state index in [0.717, 1.165) is 33.7 Å². The van der Waals surface area contributed by atoms with E-state index >= 15 is 0 Å². The molecule has 0 aliphatic heterocycles. The van der Waals surface area contributed by atoms with E-state index in [-0.39, 0.29) is 6.04 Å². The first-order chi connectivity index (χ1) is 12.2. The fraction of sp³-hybridized carbons (Fsp3) is 0.158. The normalized spacial score (nSPS) is 12.2. The van der Waals surface area contributed by atoms with Gasteiger partial charge in [0.15, 0.2) is 0 Å². The van der Waals surface area contributed by atoms with E-state index in [1.807, 2.05) is 55.6 Å². The molecule has 6 nitrogen and oxygen atoms in total. The van der Waals surface area contributed by atoms with Gasteiger partial charge in [0.05, 0.1) is 23.4 Å². The van der Waals surface area contributed by atoms with Crippen molar-refractivity contribution in [1.82, 2.24) is 25.0 Å². The summed E-state index contributed by atoms with van der Waals surface area (Å²) in [6.45, 7) is 4.11. The molecule has 0 saturated heterocycles. The zero-order valence-electron chi connectivity index (χ0n) is 14.1. The van der Waals surface area contributed by atoms with Gasteiger partial charge in [0, 0.05) is 5.39 Å². The van der Waals surface area contributed by atoms with Gasteiger partial charge in [-0.2, -0.15) is 0 Å². The molecule has 0 spiro atoms. The Balaban J connectivity index is 1.63. The number of nitrogens with zero attached hydrogens (tertiary/aromatic N) is 5. The van der Waals surface area contributed by atoms with Crippen LogP contribution in [0.15, 0.2) is 61.1 Å². The van der Waals surface area contributed by atoms with E-state index in [2.05, 4.69) is 38.6 Å². The van der Waals surface area contributed by atoms with Crippen LogP contribution in [0.4, 0.5) is 5.82 Å². The molecule has 4 rings (SSSR count). The number of aryl methyl sites for hydroxylation is 1. The van der Waals surface area contributed by atoms with Crippen LogP contribution in [0.25, 0.3) is 16.6 Å². The number of anilines is 1. The summed E-state index contributed by atoms with van der Waals surface area (Å²) < 4.78 is 1.77. The fourth-order valence-electron chi connectivity index (χ4n) is 2.85. The van der Waals surface area contributed by atoms with Crippen LogP contribution in [0.1, 0.15) is 24.2 Å². The number of benzene rings is 2. The third-order valence-electron chi connectivity index (χ3n) is 4.20. The lowest BCUT2D eigenvalue weighted by atomic mass is 10.1. The summed E-state index contributed by atoms with van der Waals surface area (Å²) in [7, 11) is 0. The zero-order valence-corrected chi connectivity index (χ0v) is 14.1. The Morgan fingerprint density at radius 2 is 1.84 bits per heavy atom. The molecular weight excluding hydrogens is 312 g/mol. The Morgan fingerprint density at radius 3 is 2.68 bits per heavy atom. The first kappa shape index (κ1) is 15.3. The van der Waals surface area contributed by atoms with Gasteiger partial charge in [-0.25, -0.2) is 14.6 Å². The molecule has 0 aliphatic rings. The van der Waals surface area contributed by atoms with E-state index in [0.29, 0.717) is 0 Å². The van der Waals surface area contributed by atoms with Gasteiger partial charge in [0.25, 0.3) is 0 Å². The summed E-state index contributed by atoms with van der Waals surface area (Å²) >= 11 is 0. The van der Waals surface area contributed by atoms with Crippen LogP contribution >= 0.6 is 0 Å². The number of aromatic nitrogens is 5. The molecule has 124 valence electrons. The van der Waals surface area contributed by atoms with Gasteiger partial charge >= 0.3 is 0 Å². The van der Waals surface area contributed by atoms with E-state index in [1.54, 1.807) is 11.0 Å². The number of fused-ring (bicyclic) bond motifs is 1. The highest BCUT2D eigenvalue weighted by Crippen LogP contribution is 2.26. The predicted octanol–water partition coefficient (Wildman–Crippen LogP) is 3.69. The molecule has 0 radical (unpaired) electrons. The Bertz CT molecular complexity index is 1000. The highest BCUT2D eigenvalue weighted by molar-refractivity contribution is 5.91. The van der Waals surface area contributed by atoms with Crippen LogP contribution in [-0.4, -0.2) is 25.0 Å². The molecule has 2 aromatic carbocycles. The van der Waals surface area contributed by atoms with Crippen molar-refractivity contribution in [2.24, 2.45) is 0 Å². The smallest absolute Gasteiger partial charge is 0.138 e. The van der Waals surface area contributed by atoms with Crippen LogP contribution in [-0.2, 0) is 0 Å². The van der Waals surface area contributed by atoms with Crippen LogP contribution in [0.2, 0.25) is 0 Å². The number of hydrogen-bond acceptors (Lipinski definition) is 5. The topological polar surface area (TPSA) is 68.5 Å². The number of para-hydroxylation sites is 1. The van der Waals surface area contributed by atoms with Crippen molar-refractivity contribution in [1.29, 1.82) is 0 Å². The first-order valence-electron chi connectivity index (χ1n) is 8.17. The lowest BCUT2D eigenvalue weighted by molar-refractivity contribution is 0.780. The van der Waals surface area contributed by atoms with Crippen molar-refractivity contribution in [2.75, 3.05) is 5.32 Å². The second-order valence-corrected chi connectivity index (χ2v) is 5.98. The third kappa shape index (κ3) is 2.94. The molecule has 1 N–H and O–H groups in total. The molecule has 0 aliphatic carbocycles. The molecule has 2 heterocycles. The van der Waals surface area contributed by atoms with Crippen LogP contribution in [0.3, 0.4) is 0 Å². The Morgan fingerprint density at radius 1 is 1.00 bits per heavy atom. The van der Waals surface area contributed by atoms with Crippen molar-refractivity contribution in [3.63, 3.8) is 0 Å². The SMILES string of the molecule is Cc1cccc2ncnc(NC(C)c3cn(-c4ccccc4)nn3)c12. The summed E-state index contributed by atoms with van der Waals surface area (Å²) in [6.07, 6.45) is 3.51. The van der Waals surface area contributed by atoms with Crippen molar-refractivity contribution < 1.29 is 0 Å². The van der Waals surface area contributed by atoms with E-state index in [9.17, 15) is 0 Å². The van der Waals surface area contributed by atoms with Crippen LogP contribution < -0.4 is 5.32 Å². The quantitative estimate of drug-likeness (QED) is 0.618. The molecule has 0 amide bonds. The van der Waals surface area contributed by atoms with E-state index in [4.69, 9.17) is 0 Å². The van der Waals surface area contributed by atoms with Gasteiger partial charge in [-0.3, -0.25) is 0 Å². The molecule has 2 aromatic heterocycles. The molecule has 1 atom stereocenters. The van der Waals surface area contributed by atoms with Crippen molar-refractivity contribution >= 4 is 16.7 Å². The molecule has 1 unspecified atom stereocenters. The highest BCUT2D eigenvalue weighted by Gasteiger charge is 2.14. The Kier molecular flexibility index (Phi) is 3.85. The van der Waals surface area contributed by atoms with Crippen molar-refractivity contribution in [3.05, 3.63) is 72.3 Å². The van der Waals surface area contributed by atoms with E-state index in [1.165, 1.54) is 0 Å². The minimum absolute atomic E-state index is 0.0323. The minimum atomic E-state index is -0.0323. The standard InChI is InChI=1S/C19H18N6/c1-13-7-6-10-16-18(13)19(21-12-20-16)22-14(2)17-11-25(24-23-17)15-8-4-3-5-9-15/h3-12,14H,1-2H3,(H,20,21,22). The second kappa shape index (κ2) is 6.32. The largest absolute Gasteiger partial charge is 0.361 e. The molecule has 0 bridgehead atoms. The van der Waals surface area contributed by atoms with Gasteiger partial charge < -0.3 is 5.32 Å². The minimum Gasteiger partial charge on any atom is -0.361 e. The summed E-state index contributed by atoms with van der Waals surface area (Å²) in [6, 6.07) is 16.0. The maximum absolute atomic E-state index is 4.42. The van der Waals surface area contributed by atoms with E-state index < -0.39 is 0 Å². The monoisotopic (exact) mass is 330 g/mol. The summed E-state index contributed by atoms with van der Waals surface area (Å²) in [4.78, 5) is 8.76. The summed E-state index contributed by atoms with van der Waals surface area (Å²) in [5, 5.41) is 13.0. The summed E-state index contributed by atoms with van der Waals surface area (Å²) in [5.41, 5.74) is 3.90. The number of nitrogens with one attached hydrogen (secondary N) is 1. The Hall–Kier alpha value is -3.28. The lowest BCUT2D eigenvalue weighted by Crippen LogP contribution is -2.09. The zero-order chi connectivity index (χ0) is 17.2. The maximum Gasteiger partial charge on any atom is 0.138 e. The van der Waals surface area contributed by atoms with Crippen molar-refractivity contribution in [3.8, 4) is 5.69 Å². The third-order valence-corrected chi connectivity index (χ3v) is 4.20. The lowest BCUT2D eigenvalue weighted by Gasteiger charge is -2.14. The van der Waals surface area contributed by atoms with Gasteiger partial charge in [-0.05, 0) is 37.6 Å². The molecule has 0 saturated carbocycles. The number of hydrogen-bond donors (Lipinski definition) is 1. The molecule has 6 heteroatoms. The van der Waals surface area contributed by atoms with Gasteiger partial charge in [0.1, 0.15) is 17.8 Å². The first-order valence-corrected chi connectivity index (χ1v) is 8.17. The van der Waals surface area contributed by atoms with Crippen LogP contribution in [0.5, 0.6) is 0 Å². The average molecular weight is 330 g/mol. The fourth-order valence-corrected chi connectivity index (χ4v) is 2.85. The van der Waals surface area contributed by atoms with Gasteiger partial charge in [-0.15, -0.1) is 5.10 Å². The molecule has 0 fully saturated rings. The van der Waals surface area contributed by atoms with Gasteiger partial charge in [-0.1, -0.05) is 35.5 Å². The molecule has 25 heavy (non-hydrogen) atoms. The molecular formula is C19H18N6. The second-order valence-electron chi connectivity index (χ2n) is 5.98. The predicted molar refractivity (Wildman–Crippen MR) is 97.7 cm³/mol. The van der Waals surface area contributed by atoms with Crippen molar-refractivity contribution in [2.45, 2.75) is 19.9 Å². The Labute approximate surface area is 145 Å².